The number of hydrogen-bond donors (Lipinski definition) is 1. The third-order valence-corrected chi connectivity index (χ3v) is 3.87. The van der Waals surface area contributed by atoms with E-state index in [2.05, 4.69) is 5.32 Å². The molecule has 0 saturated carbocycles. The van der Waals surface area contributed by atoms with E-state index in [1.807, 2.05) is 19.9 Å². The number of hydrogen-bond acceptors (Lipinski definition) is 3. The van der Waals surface area contributed by atoms with Crippen LogP contribution in [-0.2, 0) is 14.8 Å². The molecule has 0 aliphatic heterocycles. The first kappa shape index (κ1) is 16.5. The molecule has 20 heavy (non-hydrogen) atoms. The first-order chi connectivity index (χ1) is 9.30. The van der Waals surface area contributed by atoms with Gasteiger partial charge >= 0.3 is 0 Å². The molecule has 0 aliphatic carbocycles. The number of para-hydroxylation sites is 1. The lowest BCUT2D eigenvalue weighted by Gasteiger charge is -2.22. The van der Waals surface area contributed by atoms with Crippen molar-refractivity contribution in [1.82, 2.24) is 5.32 Å². The molecule has 0 fully saturated rings. The van der Waals surface area contributed by atoms with E-state index in [4.69, 9.17) is 0 Å². The lowest BCUT2D eigenvalue weighted by molar-refractivity contribution is -0.121. The van der Waals surface area contributed by atoms with Gasteiger partial charge in [0.1, 0.15) is 0 Å². The second kappa shape index (κ2) is 7.28. The first-order valence-corrected chi connectivity index (χ1v) is 8.45. The predicted octanol–water partition coefficient (Wildman–Crippen LogP) is 1.61. The quantitative estimate of drug-likeness (QED) is 0.831. The monoisotopic (exact) mass is 298 g/mol. The number of rotatable bonds is 7. The first-order valence-electron chi connectivity index (χ1n) is 6.60. The van der Waals surface area contributed by atoms with Gasteiger partial charge in [-0.25, -0.2) is 8.42 Å². The van der Waals surface area contributed by atoms with Gasteiger partial charge in [-0.2, -0.15) is 0 Å². The highest BCUT2D eigenvalue weighted by molar-refractivity contribution is 7.92. The van der Waals surface area contributed by atoms with Crippen molar-refractivity contribution in [2.75, 3.05) is 23.7 Å². The van der Waals surface area contributed by atoms with E-state index >= 15 is 0 Å². The van der Waals surface area contributed by atoms with E-state index in [9.17, 15) is 13.2 Å². The summed E-state index contributed by atoms with van der Waals surface area (Å²) in [4.78, 5) is 11.5. The lowest BCUT2D eigenvalue weighted by Crippen LogP contribution is -2.38. The van der Waals surface area contributed by atoms with Crippen molar-refractivity contribution in [2.24, 2.45) is 5.92 Å². The highest BCUT2D eigenvalue weighted by Gasteiger charge is 2.16. The third-order valence-electron chi connectivity index (χ3n) is 2.68. The van der Waals surface area contributed by atoms with Crippen LogP contribution in [0.2, 0.25) is 0 Å². The normalized spacial score (nSPS) is 11.4. The van der Waals surface area contributed by atoms with Gasteiger partial charge in [0, 0.05) is 13.0 Å². The van der Waals surface area contributed by atoms with Crippen LogP contribution in [0.3, 0.4) is 0 Å². The summed E-state index contributed by atoms with van der Waals surface area (Å²) in [6, 6.07) is 8.86. The number of benzene rings is 1. The smallest absolute Gasteiger partial charge is 0.232 e. The molecule has 0 spiro atoms. The number of carbonyl (C=O) groups excluding carboxylic acids is 1. The van der Waals surface area contributed by atoms with E-state index in [1.165, 1.54) is 4.31 Å². The molecule has 0 bridgehead atoms. The number of nitrogens with one attached hydrogen (secondary N) is 1. The molecule has 1 N–H and O–H groups in total. The summed E-state index contributed by atoms with van der Waals surface area (Å²) in [6.07, 6.45) is 1.61. The maximum absolute atomic E-state index is 11.8. The van der Waals surface area contributed by atoms with Gasteiger partial charge in [-0.1, -0.05) is 32.0 Å². The molecule has 1 rings (SSSR count). The predicted molar refractivity (Wildman–Crippen MR) is 81.1 cm³/mol. The summed E-state index contributed by atoms with van der Waals surface area (Å²) in [5.41, 5.74) is 0.605. The van der Waals surface area contributed by atoms with E-state index in [1.54, 1.807) is 24.3 Å². The SMILES string of the molecule is CC(C)CC(=O)NCCN(c1ccccc1)S(C)(=O)=O. The van der Waals surface area contributed by atoms with Crippen LogP contribution in [0.25, 0.3) is 0 Å². The van der Waals surface area contributed by atoms with Crippen LogP contribution in [0.4, 0.5) is 5.69 Å². The second-order valence-corrected chi connectivity index (χ2v) is 7.03. The number of amides is 1. The Hall–Kier alpha value is -1.56. The summed E-state index contributed by atoms with van der Waals surface area (Å²) in [7, 11) is -3.36. The number of carbonyl (C=O) groups is 1. The van der Waals surface area contributed by atoms with Crippen molar-refractivity contribution < 1.29 is 13.2 Å². The third kappa shape index (κ3) is 5.61. The summed E-state index contributed by atoms with van der Waals surface area (Å²) in [5.74, 6) is 0.233. The van der Waals surface area contributed by atoms with Crippen LogP contribution in [0, 0.1) is 5.92 Å². The molecule has 112 valence electrons. The number of sulfonamides is 1. The summed E-state index contributed by atoms with van der Waals surface area (Å²) < 4.78 is 24.9. The van der Waals surface area contributed by atoms with Crippen LogP contribution < -0.4 is 9.62 Å². The van der Waals surface area contributed by atoms with Crippen LogP contribution in [0.1, 0.15) is 20.3 Å². The topological polar surface area (TPSA) is 66.5 Å². The second-order valence-electron chi connectivity index (χ2n) is 5.12. The Morgan fingerprint density at radius 2 is 1.85 bits per heavy atom. The molecule has 0 atom stereocenters. The van der Waals surface area contributed by atoms with Gasteiger partial charge < -0.3 is 5.32 Å². The van der Waals surface area contributed by atoms with E-state index in [0.29, 0.717) is 18.7 Å². The van der Waals surface area contributed by atoms with Crippen molar-refractivity contribution in [3.05, 3.63) is 30.3 Å². The standard InChI is InChI=1S/C14H22N2O3S/c1-12(2)11-14(17)15-9-10-16(20(3,18)19)13-7-5-4-6-8-13/h4-8,12H,9-11H2,1-3H3,(H,15,17). The minimum Gasteiger partial charge on any atom is -0.354 e. The minimum atomic E-state index is -3.36. The number of anilines is 1. The molecule has 5 nitrogen and oxygen atoms in total. The fraction of sp³-hybridized carbons (Fsp3) is 0.500. The Morgan fingerprint density at radius 3 is 2.35 bits per heavy atom. The van der Waals surface area contributed by atoms with E-state index < -0.39 is 10.0 Å². The van der Waals surface area contributed by atoms with Gasteiger partial charge in [0.15, 0.2) is 0 Å². The Kier molecular flexibility index (Phi) is 6.01. The lowest BCUT2D eigenvalue weighted by atomic mass is 10.1. The van der Waals surface area contributed by atoms with Gasteiger partial charge in [0.2, 0.25) is 15.9 Å². The molecule has 0 radical (unpaired) electrons. The van der Waals surface area contributed by atoms with Crippen molar-refractivity contribution >= 4 is 21.6 Å². The molecule has 0 aromatic heterocycles. The van der Waals surface area contributed by atoms with Crippen molar-refractivity contribution in [3.63, 3.8) is 0 Å². The van der Waals surface area contributed by atoms with E-state index in [0.717, 1.165) is 6.26 Å². The molecule has 0 unspecified atom stereocenters. The molecular weight excluding hydrogens is 276 g/mol. The number of nitrogens with zero attached hydrogens (tertiary/aromatic N) is 1. The molecule has 1 aromatic rings. The van der Waals surface area contributed by atoms with Crippen molar-refractivity contribution in [3.8, 4) is 0 Å². The van der Waals surface area contributed by atoms with Crippen LogP contribution >= 0.6 is 0 Å². The maximum atomic E-state index is 11.8. The highest BCUT2D eigenvalue weighted by atomic mass is 32.2. The van der Waals surface area contributed by atoms with Gasteiger partial charge in [-0.3, -0.25) is 9.10 Å². The van der Waals surface area contributed by atoms with Gasteiger partial charge in [-0.15, -0.1) is 0 Å². The minimum absolute atomic E-state index is 0.0542. The van der Waals surface area contributed by atoms with Gasteiger partial charge in [0.25, 0.3) is 0 Å². The molecule has 6 heteroatoms. The van der Waals surface area contributed by atoms with E-state index in [-0.39, 0.29) is 18.4 Å². The molecule has 0 saturated heterocycles. The maximum Gasteiger partial charge on any atom is 0.232 e. The average molecular weight is 298 g/mol. The van der Waals surface area contributed by atoms with Crippen molar-refractivity contribution in [1.29, 1.82) is 0 Å². The molecule has 1 aromatic carbocycles. The Labute approximate surface area is 121 Å². The largest absolute Gasteiger partial charge is 0.354 e. The fourth-order valence-electron chi connectivity index (χ4n) is 1.82. The molecule has 0 aliphatic rings. The Bertz CT molecular complexity index is 527. The van der Waals surface area contributed by atoms with Crippen molar-refractivity contribution in [2.45, 2.75) is 20.3 Å². The zero-order valence-electron chi connectivity index (χ0n) is 12.2. The van der Waals surface area contributed by atoms with Crippen LogP contribution in [-0.4, -0.2) is 33.7 Å². The zero-order valence-corrected chi connectivity index (χ0v) is 13.0. The summed E-state index contributed by atoms with van der Waals surface area (Å²) in [5, 5.41) is 2.74. The van der Waals surface area contributed by atoms with Gasteiger partial charge in [-0.05, 0) is 18.1 Å². The molecule has 0 heterocycles. The zero-order chi connectivity index (χ0) is 15.2. The molecule has 1 amide bonds. The summed E-state index contributed by atoms with van der Waals surface area (Å²) in [6.45, 7) is 4.46. The van der Waals surface area contributed by atoms with Crippen LogP contribution in [0.15, 0.2) is 30.3 Å². The Balaban J connectivity index is 2.63. The van der Waals surface area contributed by atoms with Crippen LogP contribution in [0.5, 0.6) is 0 Å². The van der Waals surface area contributed by atoms with Gasteiger partial charge in [0.05, 0.1) is 18.5 Å². The molecular formula is C14H22N2O3S. The fourth-order valence-corrected chi connectivity index (χ4v) is 2.75. The highest BCUT2D eigenvalue weighted by Crippen LogP contribution is 2.15. The Morgan fingerprint density at radius 1 is 1.25 bits per heavy atom. The average Bonchev–Trinajstić information content (AvgIpc) is 2.33. The summed E-state index contributed by atoms with van der Waals surface area (Å²) >= 11 is 0.